The minimum Gasteiger partial charge on any atom is -0.500 e. The Bertz CT molecular complexity index is 912. The van der Waals surface area contributed by atoms with E-state index in [4.69, 9.17) is 9.84 Å². The second kappa shape index (κ2) is 10.7. The summed E-state index contributed by atoms with van der Waals surface area (Å²) in [7, 11) is 2.62. The molecule has 0 fully saturated rings. The van der Waals surface area contributed by atoms with Gasteiger partial charge in [-0.2, -0.15) is 0 Å². The van der Waals surface area contributed by atoms with E-state index in [0.717, 1.165) is 29.6 Å². The highest BCUT2D eigenvalue weighted by molar-refractivity contribution is 6.25. The molecule has 0 spiro atoms. The van der Waals surface area contributed by atoms with Gasteiger partial charge in [-0.05, 0) is 56.0 Å². The van der Waals surface area contributed by atoms with Gasteiger partial charge >= 0.3 is 0 Å². The third-order valence-corrected chi connectivity index (χ3v) is 5.18. The monoisotopic (exact) mass is 410 g/mol. The first-order chi connectivity index (χ1) is 14.4. The standard InChI is InChI=1S/C23H26N2O3.CH4O/c1-14-11-15(2)20(16(3)12-14)21-19(28-4)13-17(22(21)26)8-10-25-23(27)18-7-5-6-9-24-18;1-2/h5-7,9,11-12,17H,8,10,13H2,1-4H3,(H,25,27);2H,1H3. The summed E-state index contributed by atoms with van der Waals surface area (Å²) in [5, 5.41) is 9.85. The minimum atomic E-state index is -0.226. The van der Waals surface area contributed by atoms with Gasteiger partial charge in [0, 0.05) is 32.2 Å². The number of hydrogen-bond acceptors (Lipinski definition) is 5. The van der Waals surface area contributed by atoms with Gasteiger partial charge in [-0.15, -0.1) is 0 Å². The van der Waals surface area contributed by atoms with Crippen LogP contribution >= 0.6 is 0 Å². The van der Waals surface area contributed by atoms with Gasteiger partial charge in [-0.3, -0.25) is 14.6 Å². The van der Waals surface area contributed by atoms with Gasteiger partial charge in [-0.25, -0.2) is 0 Å². The van der Waals surface area contributed by atoms with E-state index < -0.39 is 0 Å². The molecule has 2 aromatic rings. The Balaban J connectivity index is 0.00000155. The number of aliphatic hydroxyl groups is 1. The molecule has 0 radical (unpaired) electrons. The van der Waals surface area contributed by atoms with E-state index >= 15 is 0 Å². The Labute approximate surface area is 178 Å². The highest BCUT2D eigenvalue weighted by atomic mass is 16.5. The number of carbonyl (C=O) groups excluding carboxylic acids is 2. The zero-order chi connectivity index (χ0) is 22.3. The highest BCUT2D eigenvalue weighted by Gasteiger charge is 2.35. The second-order valence-electron chi connectivity index (χ2n) is 7.30. The predicted molar refractivity (Wildman–Crippen MR) is 117 cm³/mol. The number of nitrogens with zero attached hydrogens (tertiary/aromatic N) is 1. The van der Waals surface area contributed by atoms with Crippen LogP contribution in [0.3, 0.4) is 0 Å². The molecule has 0 bridgehead atoms. The van der Waals surface area contributed by atoms with Crippen molar-refractivity contribution in [2.45, 2.75) is 33.6 Å². The van der Waals surface area contributed by atoms with Crippen molar-refractivity contribution in [2.75, 3.05) is 20.8 Å². The molecule has 0 aliphatic heterocycles. The third kappa shape index (κ3) is 5.13. The molecular formula is C24H30N2O4. The largest absolute Gasteiger partial charge is 0.500 e. The average Bonchev–Trinajstić information content (AvgIpc) is 3.05. The van der Waals surface area contributed by atoms with Crippen LogP contribution in [0.1, 0.15) is 45.6 Å². The first-order valence-electron chi connectivity index (χ1n) is 9.96. The molecule has 2 N–H and O–H groups in total. The third-order valence-electron chi connectivity index (χ3n) is 5.18. The number of aromatic nitrogens is 1. The second-order valence-corrected chi connectivity index (χ2v) is 7.30. The Morgan fingerprint density at radius 1 is 1.20 bits per heavy atom. The van der Waals surface area contributed by atoms with Gasteiger partial charge in [0.05, 0.1) is 12.7 Å². The number of carbonyl (C=O) groups is 2. The number of allylic oxidation sites excluding steroid dienone is 2. The molecule has 30 heavy (non-hydrogen) atoms. The fourth-order valence-corrected chi connectivity index (χ4v) is 3.96. The molecule has 1 aromatic carbocycles. The first kappa shape index (κ1) is 23.3. The maximum absolute atomic E-state index is 13.1. The molecule has 3 rings (SSSR count). The lowest BCUT2D eigenvalue weighted by Gasteiger charge is -2.14. The van der Waals surface area contributed by atoms with Crippen LogP contribution in [-0.4, -0.2) is 42.5 Å². The topological polar surface area (TPSA) is 88.5 Å². The number of hydrogen-bond donors (Lipinski definition) is 2. The van der Waals surface area contributed by atoms with E-state index in [2.05, 4.69) is 29.4 Å². The fraction of sp³-hybridized carbons (Fsp3) is 0.375. The molecule has 6 nitrogen and oxygen atoms in total. The van der Waals surface area contributed by atoms with Crippen LogP contribution in [0.15, 0.2) is 42.3 Å². The van der Waals surface area contributed by atoms with Crippen molar-refractivity contribution in [1.29, 1.82) is 0 Å². The van der Waals surface area contributed by atoms with Crippen LogP contribution in [0.2, 0.25) is 0 Å². The number of ether oxygens (including phenoxy) is 1. The molecule has 0 saturated heterocycles. The van der Waals surface area contributed by atoms with Gasteiger partial charge in [-0.1, -0.05) is 23.8 Å². The first-order valence-corrected chi connectivity index (χ1v) is 9.96. The van der Waals surface area contributed by atoms with E-state index in [1.807, 2.05) is 13.8 Å². The molecular weight excluding hydrogens is 380 g/mol. The molecule has 1 amide bonds. The zero-order valence-electron chi connectivity index (χ0n) is 18.3. The number of benzene rings is 1. The van der Waals surface area contributed by atoms with E-state index in [9.17, 15) is 9.59 Å². The molecule has 1 heterocycles. The molecule has 1 aromatic heterocycles. The summed E-state index contributed by atoms with van der Waals surface area (Å²) in [6.07, 6.45) is 2.72. The summed E-state index contributed by atoms with van der Waals surface area (Å²) in [6.45, 7) is 6.54. The summed E-state index contributed by atoms with van der Waals surface area (Å²) >= 11 is 0. The summed E-state index contributed by atoms with van der Waals surface area (Å²) in [5.74, 6) is 0.422. The number of methoxy groups -OCH3 is 1. The minimum absolute atomic E-state index is 0.0963. The van der Waals surface area contributed by atoms with Gasteiger partial charge in [0.1, 0.15) is 11.5 Å². The van der Waals surface area contributed by atoms with Crippen molar-refractivity contribution in [2.24, 2.45) is 5.92 Å². The summed E-state index contributed by atoms with van der Waals surface area (Å²) < 4.78 is 5.58. The number of ketones is 1. The van der Waals surface area contributed by atoms with Crippen molar-refractivity contribution in [3.63, 3.8) is 0 Å². The van der Waals surface area contributed by atoms with E-state index in [1.54, 1.807) is 31.5 Å². The molecule has 160 valence electrons. The van der Waals surface area contributed by atoms with Crippen LogP contribution < -0.4 is 5.32 Å². The van der Waals surface area contributed by atoms with Crippen molar-refractivity contribution < 1.29 is 19.4 Å². The number of pyridine rings is 1. The maximum Gasteiger partial charge on any atom is 0.269 e. The Morgan fingerprint density at radius 3 is 2.43 bits per heavy atom. The van der Waals surface area contributed by atoms with Crippen molar-refractivity contribution in [1.82, 2.24) is 10.3 Å². The number of amides is 1. The number of Topliss-reactive ketones (excluding diaryl/α,β-unsaturated/α-hetero) is 1. The van der Waals surface area contributed by atoms with Gasteiger partial charge in [0.2, 0.25) is 0 Å². The summed E-state index contributed by atoms with van der Waals surface area (Å²) in [6, 6.07) is 9.40. The van der Waals surface area contributed by atoms with Crippen LogP contribution in [-0.2, 0) is 9.53 Å². The fourth-order valence-electron chi connectivity index (χ4n) is 3.96. The average molecular weight is 411 g/mol. The number of aryl methyl sites for hydroxylation is 3. The lowest BCUT2D eigenvalue weighted by molar-refractivity contribution is -0.116. The zero-order valence-corrected chi connectivity index (χ0v) is 18.3. The molecule has 0 saturated carbocycles. The van der Waals surface area contributed by atoms with Crippen LogP contribution in [0.25, 0.3) is 5.57 Å². The molecule has 1 atom stereocenters. The van der Waals surface area contributed by atoms with Crippen molar-refractivity contribution >= 4 is 17.3 Å². The lowest BCUT2D eigenvalue weighted by atomic mass is 9.90. The molecule has 6 heteroatoms. The van der Waals surface area contributed by atoms with Gasteiger partial charge < -0.3 is 15.2 Å². The summed E-state index contributed by atoms with van der Waals surface area (Å²) in [5.41, 5.74) is 5.39. The molecule has 1 aliphatic carbocycles. The Kier molecular flexibility index (Phi) is 8.30. The van der Waals surface area contributed by atoms with E-state index in [1.165, 1.54) is 5.56 Å². The SMILES string of the molecule is CO.COC1=C(c2c(C)cc(C)cc2C)C(=O)C(CCNC(=O)c2ccccn2)C1. The quantitative estimate of drug-likeness (QED) is 0.762. The normalized spacial score (nSPS) is 15.5. The number of aliphatic hydroxyl groups excluding tert-OH is 1. The highest BCUT2D eigenvalue weighted by Crippen LogP contribution is 2.39. The molecule has 1 aliphatic rings. The van der Waals surface area contributed by atoms with Crippen LogP contribution in [0, 0.1) is 26.7 Å². The van der Waals surface area contributed by atoms with Gasteiger partial charge in [0.15, 0.2) is 5.78 Å². The Morgan fingerprint density at radius 2 is 1.87 bits per heavy atom. The summed E-state index contributed by atoms with van der Waals surface area (Å²) in [4.78, 5) is 29.3. The Hall–Kier alpha value is -2.99. The van der Waals surface area contributed by atoms with Crippen LogP contribution in [0.5, 0.6) is 0 Å². The maximum atomic E-state index is 13.1. The van der Waals surface area contributed by atoms with Crippen molar-refractivity contribution in [3.05, 3.63) is 70.2 Å². The van der Waals surface area contributed by atoms with Gasteiger partial charge in [0.25, 0.3) is 5.91 Å². The van der Waals surface area contributed by atoms with E-state index in [-0.39, 0.29) is 17.6 Å². The predicted octanol–water partition coefficient (Wildman–Crippen LogP) is 3.38. The van der Waals surface area contributed by atoms with E-state index in [0.29, 0.717) is 30.7 Å². The van der Waals surface area contributed by atoms with Crippen LogP contribution in [0.4, 0.5) is 0 Å². The lowest BCUT2D eigenvalue weighted by Crippen LogP contribution is -2.27. The number of nitrogens with one attached hydrogen (secondary N) is 1. The van der Waals surface area contributed by atoms with Crippen molar-refractivity contribution in [3.8, 4) is 0 Å². The smallest absolute Gasteiger partial charge is 0.269 e. The number of rotatable bonds is 6. The molecule has 1 unspecified atom stereocenters.